The SMILES string of the molecule is CCOC(=O)C1=C(C)N=c2s/c(=C\c3cc(I)cc(I)c3OCc3cccc(Cl)c3)c(=O)n2[C@H]1c1ccc(OCC)cc1. The van der Waals surface area contributed by atoms with Crippen molar-refractivity contribution in [3.8, 4) is 11.5 Å². The Kier molecular flexibility index (Phi) is 10.3. The summed E-state index contributed by atoms with van der Waals surface area (Å²) in [7, 11) is 0. The van der Waals surface area contributed by atoms with Crippen molar-refractivity contribution in [2.75, 3.05) is 13.2 Å². The lowest BCUT2D eigenvalue weighted by molar-refractivity contribution is -0.139. The van der Waals surface area contributed by atoms with Gasteiger partial charge in [0.05, 0.1) is 38.6 Å². The van der Waals surface area contributed by atoms with Crippen molar-refractivity contribution in [1.82, 2.24) is 4.57 Å². The lowest BCUT2D eigenvalue weighted by atomic mass is 9.96. The predicted octanol–water partition coefficient (Wildman–Crippen LogP) is 6.64. The fourth-order valence-electron chi connectivity index (χ4n) is 4.78. The Morgan fingerprint density at radius 1 is 1.07 bits per heavy atom. The molecule has 0 unspecified atom stereocenters. The van der Waals surface area contributed by atoms with Gasteiger partial charge in [0.25, 0.3) is 5.56 Å². The zero-order valence-corrected chi connectivity index (χ0v) is 29.4. The van der Waals surface area contributed by atoms with E-state index in [1.807, 2.05) is 73.7 Å². The van der Waals surface area contributed by atoms with E-state index in [1.165, 1.54) is 11.3 Å². The number of fused-ring (bicyclic) bond motifs is 1. The molecule has 0 bridgehead atoms. The number of hydrogen-bond acceptors (Lipinski definition) is 7. The monoisotopic (exact) mass is 840 g/mol. The van der Waals surface area contributed by atoms with Crippen LogP contribution in [0, 0.1) is 7.14 Å². The van der Waals surface area contributed by atoms with Crippen LogP contribution in [0.1, 0.15) is 43.5 Å². The van der Waals surface area contributed by atoms with E-state index in [2.05, 4.69) is 50.2 Å². The van der Waals surface area contributed by atoms with Crippen molar-refractivity contribution in [1.29, 1.82) is 0 Å². The van der Waals surface area contributed by atoms with Crippen LogP contribution in [-0.4, -0.2) is 23.8 Å². The highest BCUT2D eigenvalue weighted by atomic mass is 127. The van der Waals surface area contributed by atoms with Gasteiger partial charge in [-0.3, -0.25) is 9.36 Å². The molecule has 1 aliphatic rings. The molecule has 5 rings (SSSR count). The summed E-state index contributed by atoms with van der Waals surface area (Å²) < 4.78 is 21.3. The van der Waals surface area contributed by atoms with Crippen LogP contribution < -0.4 is 24.4 Å². The molecule has 0 spiro atoms. The molecular formula is C32H27ClI2N2O5S. The molecule has 222 valence electrons. The second-order valence-electron chi connectivity index (χ2n) is 9.53. The van der Waals surface area contributed by atoms with Gasteiger partial charge in [0.15, 0.2) is 4.80 Å². The molecule has 1 aromatic heterocycles. The van der Waals surface area contributed by atoms with Gasteiger partial charge in [0.1, 0.15) is 18.1 Å². The molecule has 11 heteroatoms. The highest BCUT2D eigenvalue weighted by Crippen LogP contribution is 2.33. The third kappa shape index (κ3) is 7.02. The van der Waals surface area contributed by atoms with E-state index in [1.54, 1.807) is 18.4 Å². The molecule has 0 radical (unpaired) electrons. The van der Waals surface area contributed by atoms with Gasteiger partial charge in [0, 0.05) is 14.2 Å². The lowest BCUT2D eigenvalue weighted by Crippen LogP contribution is -2.39. The second kappa shape index (κ2) is 14.0. The molecule has 0 fully saturated rings. The van der Waals surface area contributed by atoms with E-state index in [-0.39, 0.29) is 12.2 Å². The van der Waals surface area contributed by atoms with Crippen LogP contribution in [0.5, 0.6) is 11.5 Å². The Labute approximate surface area is 285 Å². The van der Waals surface area contributed by atoms with Crippen LogP contribution in [0.25, 0.3) is 6.08 Å². The van der Waals surface area contributed by atoms with Crippen LogP contribution >= 0.6 is 68.1 Å². The van der Waals surface area contributed by atoms with Crippen molar-refractivity contribution < 1.29 is 19.0 Å². The minimum absolute atomic E-state index is 0.208. The number of allylic oxidation sites excluding steroid dienone is 1. The number of carbonyl (C=O) groups excluding carboxylic acids is 1. The average Bonchev–Trinajstić information content (AvgIpc) is 3.26. The normalized spacial score (nSPS) is 14.7. The van der Waals surface area contributed by atoms with E-state index < -0.39 is 12.0 Å². The first-order valence-electron chi connectivity index (χ1n) is 13.5. The molecule has 7 nitrogen and oxygen atoms in total. The van der Waals surface area contributed by atoms with Crippen LogP contribution in [0.15, 0.2) is 81.7 Å². The predicted molar refractivity (Wildman–Crippen MR) is 186 cm³/mol. The van der Waals surface area contributed by atoms with Crippen LogP contribution in [0.4, 0.5) is 0 Å². The van der Waals surface area contributed by atoms with Gasteiger partial charge in [-0.05, 0) is 120 Å². The zero-order valence-electron chi connectivity index (χ0n) is 23.5. The number of benzene rings is 3. The topological polar surface area (TPSA) is 79.1 Å². The average molecular weight is 841 g/mol. The number of halogens is 3. The summed E-state index contributed by atoms with van der Waals surface area (Å²) in [5.41, 5.74) is 3.04. The summed E-state index contributed by atoms with van der Waals surface area (Å²) in [6.07, 6.45) is 1.83. The van der Waals surface area contributed by atoms with E-state index in [0.29, 0.717) is 50.3 Å². The summed E-state index contributed by atoms with van der Waals surface area (Å²) in [5.74, 6) is 0.870. The zero-order chi connectivity index (χ0) is 30.7. The molecule has 4 aromatic rings. The van der Waals surface area contributed by atoms with Crippen molar-refractivity contribution in [2.24, 2.45) is 4.99 Å². The van der Waals surface area contributed by atoms with E-state index >= 15 is 0 Å². The first kappa shape index (κ1) is 31.7. The van der Waals surface area contributed by atoms with Gasteiger partial charge < -0.3 is 14.2 Å². The maximum Gasteiger partial charge on any atom is 0.338 e. The van der Waals surface area contributed by atoms with Gasteiger partial charge >= 0.3 is 5.97 Å². The number of ether oxygens (including phenoxy) is 3. The largest absolute Gasteiger partial charge is 0.494 e. The number of aromatic nitrogens is 1. The van der Waals surface area contributed by atoms with Gasteiger partial charge in [-0.15, -0.1) is 0 Å². The summed E-state index contributed by atoms with van der Waals surface area (Å²) in [4.78, 5) is 32.5. The number of carbonyl (C=O) groups is 1. The van der Waals surface area contributed by atoms with Crippen LogP contribution in [-0.2, 0) is 16.1 Å². The second-order valence-corrected chi connectivity index (χ2v) is 13.4. The minimum Gasteiger partial charge on any atom is -0.494 e. The minimum atomic E-state index is -0.706. The van der Waals surface area contributed by atoms with E-state index in [0.717, 1.165) is 23.8 Å². The third-order valence-corrected chi connectivity index (χ3v) is 9.26. The summed E-state index contributed by atoms with van der Waals surface area (Å²) in [6.45, 7) is 6.50. The maximum absolute atomic E-state index is 14.1. The Morgan fingerprint density at radius 2 is 1.84 bits per heavy atom. The van der Waals surface area contributed by atoms with E-state index in [9.17, 15) is 9.59 Å². The number of thiazole rings is 1. The first-order valence-corrected chi connectivity index (χ1v) is 16.8. The molecule has 1 atom stereocenters. The molecule has 1 aliphatic heterocycles. The van der Waals surface area contributed by atoms with Gasteiger partial charge in [0.2, 0.25) is 0 Å². The fraction of sp³-hybridized carbons (Fsp3) is 0.219. The number of rotatable bonds is 9. The Hall–Kier alpha value is -2.68. The summed E-state index contributed by atoms with van der Waals surface area (Å²) >= 11 is 11.9. The molecule has 0 amide bonds. The van der Waals surface area contributed by atoms with Gasteiger partial charge in [-0.25, -0.2) is 9.79 Å². The van der Waals surface area contributed by atoms with Crippen LogP contribution in [0.3, 0.4) is 0 Å². The molecule has 0 N–H and O–H groups in total. The quantitative estimate of drug-likeness (QED) is 0.140. The van der Waals surface area contributed by atoms with E-state index in [4.69, 9.17) is 25.8 Å². The Balaban J connectivity index is 1.63. The fourth-order valence-corrected chi connectivity index (χ4v) is 8.08. The number of esters is 1. The van der Waals surface area contributed by atoms with Crippen molar-refractivity contribution >= 4 is 80.2 Å². The lowest BCUT2D eigenvalue weighted by Gasteiger charge is -2.24. The molecule has 0 saturated heterocycles. The van der Waals surface area contributed by atoms with Crippen molar-refractivity contribution in [3.63, 3.8) is 0 Å². The highest BCUT2D eigenvalue weighted by Gasteiger charge is 2.33. The van der Waals surface area contributed by atoms with Crippen molar-refractivity contribution in [3.05, 3.63) is 120 Å². The smallest absolute Gasteiger partial charge is 0.338 e. The maximum atomic E-state index is 14.1. The highest BCUT2D eigenvalue weighted by molar-refractivity contribution is 14.1. The van der Waals surface area contributed by atoms with Crippen LogP contribution in [0.2, 0.25) is 5.02 Å². The number of nitrogens with zero attached hydrogens (tertiary/aromatic N) is 2. The molecule has 43 heavy (non-hydrogen) atoms. The number of hydrogen-bond donors (Lipinski definition) is 0. The summed E-state index contributed by atoms with van der Waals surface area (Å²) in [6, 6.07) is 18.2. The van der Waals surface area contributed by atoms with Crippen molar-refractivity contribution in [2.45, 2.75) is 33.4 Å². The van der Waals surface area contributed by atoms with Gasteiger partial charge in [-0.1, -0.05) is 47.2 Å². The first-order chi connectivity index (χ1) is 20.7. The molecule has 0 aliphatic carbocycles. The Morgan fingerprint density at radius 3 is 2.53 bits per heavy atom. The molecular weight excluding hydrogens is 814 g/mol. The molecule has 3 aromatic carbocycles. The van der Waals surface area contributed by atoms with Gasteiger partial charge in [-0.2, -0.15) is 0 Å². The summed E-state index contributed by atoms with van der Waals surface area (Å²) in [5, 5.41) is 0.638. The molecule has 0 saturated carbocycles. The third-order valence-electron chi connectivity index (χ3n) is 6.62. The molecule has 2 heterocycles. The standard InChI is InChI=1S/C32H27ClI2N2O5S/c1-4-40-24-11-9-20(10-12-24)28-27(31(39)41-5-2)18(3)36-32-37(28)30(38)26(43-32)15-21-14-23(34)16-25(35)29(21)42-17-19-7-6-8-22(33)13-19/h6-16,28H,4-5,17H2,1-3H3/b26-15-/t28-/m0/s1. The Bertz CT molecular complexity index is 1900.